The van der Waals surface area contributed by atoms with E-state index in [-0.39, 0.29) is 4.90 Å². The average molecular weight is 559 g/mol. The zero-order chi connectivity index (χ0) is 28.1. The van der Waals surface area contributed by atoms with E-state index in [4.69, 9.17) is 14.2 Å². The molecule has 0 aliphatic carbocycles. The SMILES string of the molecule is Cc1ccc(S(=O)(=O)N(CC(=O)N[C@@H](C)c2ccc3c(c2)OCCO3)c2ccc(Oc3ccccc3)cc2)cc1. The second-order valence-corrected chi connectivity index (χ2v) is 11.3. The number of para-hydroxylation sites is 1. The van der Waals surface area contributed by atoms with E-state index in [1.54, 1.807) is 54.6 Å². The highest BCUT2D eigenvalue weighted by atomic mass is 32.2. The Kier molecular flexibility index (Phi) is 7.93. The number of amides is 1. The summed E-state index contributed by atoms with van der Waals surface area (Å²) in [6.45, 7) is 4.25. The molecule has 0 bridgehead atoms. The zero-order valence-electron chi connectivity index (χ0n) is 22.2. The molecule has 1 aliphatic rings. The molecule has 0 saturated carbocycles. The summed E-state index contributed by atoms with van der Waals surface area (Å²) >= 11 is 0. The summed E-state index contributed by atoms with van der Waals surface area (Å²) in [7, 11) is -4.06. The first-order chi connectivity index (χ1) is 19.3. The number of anilines is 1. The van der Waals surface area contributed by atoms with Gasteiger partial charge >= 0.3 is 0 Å². The summed E-state index contributed by atoms with van der Waals surface area (Å²) in [5.41, 5.74) is 2.08. The predicted molar refractivity (Wildman–Crippen MR) is 153 cm³/mol. The maximum atomic E-state index is 13.8. The topological polar surface area (TPSA) is 94.2 Å². The Balaban J connectivity index is 1.38. The molecule has 4 aromatic rings. The number of carbonyl (C=O) groups is 1. The highest BCUT2D eigenvalue weighted by Gasteiger charge is 2.28. The maximum absolute atomic E-state index is 13.8. The molecule has 4 aromatic carbocycles. The van der Waals surface area contributed by atoms with E-state index in [9.17, 15) is 13.2 Å². The van der Waals surface area contributed by atoms with Crippen LogP contribution in [0, 0.1) is 6.92 Å². The summed E-state index contributed by atoms with van der Waals surface area (Å²) in [6.07, 6.45) is 0. The third-order valence-electron chi connectivity index (χ3n) is 6.44. The molecule has 1 aliphatic heterocycles. The predicted octanol–water partition coefficient (Wildman–Crippen LogP) is 5.63. The molecule has 8 nitrogen and oxygen atoms in total. The normalized spacial score (nSPS) is 13.2. The molecule has 9 heteroatoms. The lowest BCUT2D eigenvalue weighted by atomic mass is 10.1. The molecule has 0 unspecified atom stereocenters. The molecule has 0 spiro atoms. The lowest BCUT2D eigenvalue weighted by Crippen LogP contribution is -2.41. The minimum atomic E-state index is -4.06. The molecule has 1 N–H and O–H groups in total. The van der Waals surface area contributed by atoms with Crippen molar-refractivity contribution in [3.05, 3.63) is 108 Å². The van der Waals surface area contributed by atoms with Crippen LogP contribution in [0.4, 0.5) is 5.69 Å². The fourth-order valence-electron chi connectivity index (χ4n) is 4.29. The Hall–Kier alpha value is -4.50. The summed E-state index contributed by atoms with van der Waals surface area (Å²) in [4.78, 5) is 13.3. The summed E-state index contributed by atoms with van der Waals surface area (Å²) < 4.78 is 45.7. The molecule has 0 fully saturated rings. The van der Waals surface area contributed by atoms with Gasteiger partial charge in [-0.2, -0.15) is 0 Å². The van der Waals surface area contributed by atoms with E-state index in [1.165, 1.54) is 0 Å². The third-order valence-corrected chi connectivity index (χ3v) is 8.23. The Bertz CT molecular complexity index is 1570. The van der Waals surface area contributed by atoms with Crippen molar-refractivity contribution in [3.63, 3.8) is 0 Å². The lowest BCUT2D eigenvalue weighted by Gasteiger charge is -2.26. The van der Waals surface area contributed by atoms with Gasteiger partial charge < -0.3 is 19.5 Å². The standard InChI is InChI=1S/C31H30N2O6S/c1-22-8-15-28(16-9-22)40(35,36)33(25-11-13-27(14-12-25)39-26-6-4-3-5-7-26)21-31(34)32-23(2)24-10-17-29-30(20-24)38-19-18-37-29/h3-17,20,23H,18-19,21H2,1-2H3,(H,32,34)/t23-/m0/s1. The van der Waals surface area contributed by atoms with E-state index in [0.29, 0.717) is 41.9 Å². The van der Waals surface area contributed by atoms with Gasteiger partial charge in [-0.3, -0.25) is 9.10 Å². The van der Waals surface area contributed by atoms with Gasteiger partial charge in [0.2, 0.25) is 5.91 Å². The number of hydrogen-bond acceptors (Lipinski definition) is 6. The number of hydrogen-bond donors (Lipinski definition) is 1. The number of fused-ring (bicyclic) bond motifs is 1. The zero-order valence-corrected chi connectivity index (χ0v) is 23.1. The van der Waals surface area contributed by atoms with E-state index in [1.807, 2.05) is 56.3 Å². The van der Waals surface area contributed by atoms with Crippen molar-refractivity contribution in [2.75, 3.05) is 24.1 Å². The Morgan fingerprint density at radius 2 is 1.52 bits per heavy atom. The molecule has 0 radical (unpaired) electrons. The molecule has 206 valence electrons. The minimum Gasteiger partial charge on any atom is -0.486 e. The molecular formula is C31H30N2O6S. The Morgan fingerprint density at radius 1 is 0.875 bits per heavy atom. The first kappa shape index (κ1) is 27.1. The fourth-order valence-corrected chi connectivity index (χ4v) is 5.71. The largest absolute Gasteiger partial charge is 0.486 e. The van der Waals surface area contributed by atoms with Crippen LogP contribution in [0.25, 0.3) is 0 Å². The highest BCUT2D eigenvalue weighted by molar-refractivity contribution is 7.92. The highest BCUT2D eigenvalue weighted by Crippen LogP contribution is 2.33. The smallest absolute Gasteiger partial charge is 0.264 e. The van der Waals surface area contributed by atoms with Gasteiger partial charge in [0.05, 0.1) is 16.6 Å². The molecule has 1 atom stereocenters. The van der Waals surface area contributed by atoms with Crippen molar-refractivity contribution in [2.24, 2.45) is 0 Å². The number of ether oxygens (including phenoxy) is 3. The van der Waals surface area contributed by atoms with Crippen molar-refractivity contribution in [1.29, 1.82) is 0 Å². The van der Waals surface area contributed by atoms with Gasteiger partial charge in [0.25, 0.3) is 10.0 Å². The molecule has 5 rings (SSSR count). The van der Waals surface area contributed by atoms with Crippen LogP contribution >= 0.6 is 0 Å². The number of benzene rings is 4. The quantitative estimate of drug-likeness (QED) is 0.286. The van der Waals surface area contributed by atoms with Crippen molar-refractivity contribution in [2.45, 2.75) is 24.8 Å². The number of sulfonamides is 1. The third kappa shape index (κ3) is 6.21. The minimum absolute atomic E-state index is 0.0930. The van der Waals surface area contributed by atoms with Gasteiger partial charge in [0, 0.05) is 0 Å². The van der Waals surface area contributed by atoms with Crippen LogP contribution in [0.15, 0.2) is 102 Å². The van der Waals surface area contributed by atoms with Crippen LogP contribution in [0.1, 0.15) is 24.1 Å². The van der Waals surface area contributed by atoms with Crippen LogP contribution in [0.3, 0.4) is 0 Å². The second kappa shape index (κ2) is 11.7. The van der Waals surface area contributed by atoms with Gasteiger partial charge in [0.1, 0.15) is 31.3 Å². The number of nitrogens with one attached hydrogen (secondary N) is 1. The van der Waals surface area contributed by atoms with E-state index >= 15 is 0 Å². The molecular weight excluding hydrogens is 528 g/mol. The first-order valence-electron chi connectivity index (χ1n) is 12.9. The van der Waals surface area contributed by atoms with Crippen molar-refractivity contribution in [1.82, 2.24) is 5.32 Å². The van der Waals surface area contributed by atoms with Crippen LogP contribution in [0.2, 0.25) is 0 Å². The maximum Gasteiger partial charge on any atom is 0.264 e. The molecule has 40 heavy (non-hydrogen) atoms. The number of carbonyl (C=O) groups excluding carboxylic acids is 1. The molecule has 1 amide bonds. The second-order valence-electron chi connectivity index (χ2n) is 9.43. The summed E-state index contributed by atoms with van der Waals surface area (Å²) in [5, 5.41) is 2.91. The van der Waals surface area contributed by atoms with Crippen molar-refractivity contribution >= 4 is 21.6 Å². The molecule has 0 aromatic heterocycles. The van der Waals surface area contributed by atoms with E-state index in [0.717, 1.165) is 15.4 Å². The summed E-state index contributed by atoms with van der Waals surface area (Å²) in [6, 6.07) is 27.5. The number of rotatable bonds is 9. The number of nitrogens with zero attached hydrogens (tertiary/aromatic N) is 1. The van der Waals surface area contributed by atoms with Gasteiger partial charge in [-0.15, -0.1) is 0 Å². The van der Waals surface area contributed by atoms with Gasteiger partial charge in [-0.1, -0.05) is 42.0 Å². The number of aryl methyl sites for hydroxylation is 1. The van der Waals surface area contributed by atoms with E-state index < -0.39 is 28.5 Å². The summed E-state index contributed by atoms with van der Waals surface area (Å²) in [5.74, 6) is 2.02. The fraction of sp³-hybridized carbons (Fsp3) is 0.194. The lowest BCUT2D eigenvalue weighted by molar-refractivity contribution is -0.120. The van der Waals surface area contributed by atoms with Crippen LogP contribution < -0.4 is 23.8 Å². The van der Waals surface area contributed by atoms with Gasteiger partial charge in [-0.25, -0.2) is 8.42 Å². The van der Waals surface area contributed by atoms with Crippen LogP contribution in [-0.2, 0) is 14.8 Å². The van der Waals surface area contributed by atoms with Gasteiger partial charge in [-0.05, 0) is 80.1 Å². The van der Waals surface area contributed by atoms with Crippen molar-refractivity contribution < 1.29 is 27.4 Å². The molecule has 1 heterocycles. The molecule has 0 saturated heterocycles. The van der Waals surface area contributed by atoms with Crippen molar-refractivity contribution in [3.8, 4) is 23.0 Å². The van der Waals surface area contributed by atoms with Gasteiger partial charge in [0.15, 0.2) is 11.5 Å². The Morgan fingerprint density at radius 3 is 2.23 bits per heavy atom. The van der Waals surface area contributed by atoms with E-state index in [2.05, 4.69) is 5.32 Å². The monoisotopic (exact) mass is 558 g/mol. The van der Waals surface area contributed by atoms with Crippen LogP contribution in [0.5, 0.6) is 23.0 Å². The van der Waals surface area contributed by atoms with Crippen LogP contribution in [-0.4, -0.2) is 34.1 Å². The first-order valence-corrected chi connectivity index (χ1v) is 14.3. The Labute approximate surface area is 234 Å². The average Bonchev–Trinajstić information content (AvgIpc) is 2.97.